The third kappa shape index (κ3) is 7.36. The smallest absolute Gasteiger partial charge is 0.405 e. The number of aliphatic hydroxyl groups excluding tert-OH is 5. The lowest BCUT2D eigenvalue weighted by Crippen LogP contribution is -2.55. The Morgan fingerprint density at radius 2 is 1.74 bits per heavy atom. The molecule has 8 unspecified atom stereocenters. The van der Waals surface area contributed by atoms with Gasteiger partial charge < -0.3 is 41.3 Å². The van der Waals surface area contributed by atoms with Gasteiger partial charge in [0, 0.05) is 19.0 Å². The molecule has 0 heterocycles. The lowest BCUT2D eigenvalue weighted by molar-refractivity contribution is -0.0533. The summed E-state index contributed by atoms with van der Waals surface area (Å²) in [6, 6.07) is -1.55. The van der Waals surface area contributed by atoms with Crippen molar-refractivity contribution in [2.45, 2.75) is 76.2 Å². The summed E-state index contributed by atoms with van der Waals surface area (Å²) in [5.41, 5.74) is 0. The van der Waals surface area contributed by atoms with Gasteiger partial charge in [0.05, 0.1) is 24.4 Å². The summed E-state index contributed by atoms with van der Waals surface area (Å²) >= 11 is 0. The van der Waals surface area contributed by atoms with Gasteiger partial charge in [-0.05, 0) is 18.3 Å². The molecule has 27 heavy (non-hydrogen) atoms. The Labute approximate surface area is 159 Å². The Balaban J connectivity index is 2.71. The average molecular weight is 390 g/mol. The first-order valence-electron chi connectivity index (χ1n) is 9.34. The minimum Gasteiger partial charge on any atom is -0.465 e. The van der Waals surface area contributed by atoms with Crippen molar-refractivity contribution in [1.82, 2.24) is 10.6 Å². The van der Waals surface area contributed by atoms with Crippen LogP contribution >= 0.6 is 0 Å². The van der Waals surface area contributed by atoms with Crippen LogP contribution in [0.25, 0.3) is 0 Å². The molecule has 9 nitrogen and oxygen atoms in total. The van der Waals surface area contributed by atoms with E-state index in [-0.39, 0.29) is 24.8 Å². The van der Waals surface area contributed by atoms with Crippen molar-refractivity contribution in [3.63, 3.8) is 0 Å². The van der Waals surface area contributed by atoms with Crippen LogP contribution in [0.15, 0.2) is 12.2 Å². The van der Waals surface area contributed by atoms with Crippen LogP contribution in [-0.4, -0.2) is 85.9 Å². The lowest BCUT2D eigenvalue weighted by atomic mass is 9.88. The van der Waals surface area contributed by atoms with E-state index in [1.807, 2.05) is 20.8 Å². The van der Waals surface area contributed by atoms with E-state index in [0.717, 1.165) is 0 Å². The molecule has 0 bridgehead atoms. The van der Waals surface area contributed by atoms with E-state index in [0.29, 0.717) is 6.42 Å². The maximum atomic E-state index is 11.1. The zero-order valence-electron chi connectivity index (χ0n) is 16.1. The maximum absolute atomic E-state index is 11.1. The third-order valence-electron chi connectivity index (χ3n) is 5.35. The van der Waals surface area contributed by atoms with E-state index in [1.165, 1.54) is 6.08 Å². The third-order valence-corrected chi connectivity index (χ3v) is 5.35. The van der Waals surface area contributed by atoms with E-state index in [1.54, 1.807) is 6.08 Å². The fourth-order valence-electron chi connectivity index (χ4n) is 3.05. The molecule has 0 saturated heterocycles. The summed E-state index contributed by atoms with van der Waals surface area (Å²) in [6.07, 6.45) is -3.73. The van der Waals surface area contributed by atoms with Crippen LogP contribution in [0.3, 0.4) is 0 Å². The second kappa shape index (κ2) is 10.9. The zero-order chi connectivity index (χ0) is 20.7. The van der Waals surface area contributed by atoms with Crippen molar-refractivity contribution < 1.29 is 35.4 Å². The topological polar surface area (TPSA) is 163 Å². The summed E-state index contributed by atoms with van der Waals surface area (Å²) < 4.78 is 0. The number of carboxylic acid groups (broad SMARTS) is 1. The van der Waals surface area contributed by atoms with Gasteiger partial charge in [-0.25, -0.2) is 4.79 Å². The number of hydrogen-bond acceptors (Lipinski definition) is 7. The van der Waals surface area contributed by atoms with Gasteiger partial charge in [-0.1, -0.05) is 32.9 Å². The van der Waals surface area contributed by atoms with Crippen LogP contribution in [0.2, 0.25) is 0 Å². The summed E-state index contributed by atoms with van der Waals surface area (Å²) in [5.74, 6) is 0.139. The number of nitrogens with one attached hydrogen (secondary N) is 2. The monoisotopic (exact) mass is 390 g/mol. The van der Waals surface area contributed by atoms with Crippen molar-refractivity contribution in [1.29, 1.82) is 0 Å². The summed E-state index contributed by atoms with van der Waals surface area (Å²) in [6.45, 7) is 5.75. The van der Waals surface area contributed by atoms with E-state index in [4.69, 9.17) is 5.11 Å². The van der Waals surface area contributed by atoms with Crippen LogP contribution < -0.4 is 10.6 Å². The fourth-order valence-corrected chi connectivity index (χ4v) is 3.05. The number of amides is 1. The molecule has 1 aliphatic carbocycles. The summed E-state index contributed by atoms with van der Waals surface area (Å²) in [5, 5.41) is 64.5. The molecule has 0 aliphatic heterocycles. The molecule has 8 atom stereocenters. The van der Waals surface area contributed by atoms with Crippen molar-refractivity contribution in [3.8, 4) is 0 Å². The molecule has 158 valence electrons. The molecule has 1 aliphatic rings. The SMILES string of the molecule is CC(C)C(C)C(O)CC(O)C(CNC1CC=CC(O)C(O)C1O)NC(=O)O. The summed E-state index contributed by atoms with van der Waals surface area (Å²) in [7, 11) is 0. The van der Waals surface area contributed by atoms with Crippen LogP contribution in [-0.2, 0) is 0 Å². The van der Waals surface area contributed by atoms with Crippen LogP contribution in [0.5, 0.6) is 0 Å². The number of carbonyl (C=O) groups is 1. The molecule has 0 fully saturated rings. The Morgan fingerprint density at radius 3 is 2.30 bits per heavy atom. The quantitative estimate of drug-likeness (QED) is 0.233. The van der Waals surface area contributed by atoms with E-state index in [2.05, 4.69) is 10.6 Å². The van der Waals surface area contributed by atoms with Crippen LogP contribution in [0.1, 0.15) is 33.6 Å². The highest BCUT2D eigenvalue weighted by atomic mass is 16.4. The Hall–Kier alpha value is -1.23. The van der Waals surface area contributed by atoms with Gasteiger partial charge in [0.15, 0.2) is 0 Å². The van der Waals surface area contributed by atoms with Crippen LogP contribution in [0, 0.1) is 11.8 Å². The molecule has 0 radical (unpaired) electrons. The van der Waals surface area contributed by atoms with Gasteiger partial charge >= 0.3 is 6.09 Å². The predicted octanol–water partition coefficient (Wildman–Crippen LogP) is -0.973. The van der Waals surface area contributed by atoms with Gasteiger partial charge in [-0.15, -0.1) is 0 Å². The highest BCUT2D eigenvalue weighted by molar-refractivity contribution is 5.65. The molecule has 0 saturated carbocycles. The lowest BCUT2D eigenvalue weighted by Gasteiger charge is -2.31. The Morgan fingerprint density at radius 1 is 1.11 bits per heavy atom. The standard InChI is InChI=1S/C18H34N2O7/c1-9(2)10(3)14(22)7-15(23)12(20-18(26)27)8-19-11-5-4-6-13(21)17(25)16(11)24/h4,6,9-17,19-25H,5,7-8H2,1-3H3,(H,26,27). The molecule has 0 spiro atoms. The maximum Gasteiger partial charge on any atom is 0.405 e. The Bertz CT molecular complexity index is 488. The first-order valence-corrected chi connectivity index (χ1v) is 9.34. The first kappa shape index (κ1) is 23.8. The second-order valence-corrected chi connectivity index (χ2v) is 7.68. The molecule has 8 N–H and O–H groups in total. The van der Waals surface area contributed by atoms with Gasteiger partial charge in [-0.3, -0.25) is 0 Å². The largest absolute Gasteiger partial charge is 0.465 e. The predicted molar refractivity (Wildman–Crippen MR) is 99.1 cm³/mol. The minimum absolute atomic E-state index is 0.000432. The highest BCUT2D eigenvalue weighted by Gasteiger charge is 2.33. The minimum atomic E-state index is -1.37. The number of aliphatic hydroxyl groups is 5. The van der Waals surface area contributed by atoms with Crippen molar-refractivity contribution in [2.75, 3.05) is 6.54 Å². The molecule has 1 rings (SSSR count). The molecular weight excluding hydrogens is 356 g/mol. The molecule has 0 aromatic heterocycles. The van der Waals surface area contributed by atoms with Crippen molar-refractivity contribution in [2.24, 2.45) is 11.8 Å². The molecule has 9 heteroatoms. The van der Waals surface area contributed by atoms with E-state index < -0.39 is 48.7 Å². The van der Waals surface area contributed by atoms with Gasteiger partial charge in [0.25, 0.3) is 0 Å². The highest BCUT2D eigenvalue weighted by Crippen LogP contribution is 2.19. The first-order chi connectivity index (χ1) is 12.5. The molecule has 0 aromatic rings. The second-order valence-electron chi connectivity index (χ2n) is 7.68. The van der Waals surface area contributed by atoms with E-state index >= 15 is 0 Å². The van der Waals surface area contributed by atoms with Crippen LogP contribution in [0.4, 0.5) is 4.79 Å². The average Bonchev–Trinajstić information content (AvgIpc) is 2.71. The van der Waals surface area contributed by atoms with Gasteiger partial charge in [0.2, 0.25) is 0 Å². The van der Waals surface area contributed by atoms with Gasteiger partial charge in [0.1, 0.15) is 12.2 Å². The molecule has 1 amide bonds. The number of hydrogen-bond donors (Lipinski definition) is 8. The van der Waals surface area contributed by atoms with Gasteiger partial charge in [-0.2, -0.15) is 0 Å². The molecule has 0 aromatic carbocycles. The van der Waals surface area contributed by atoms with Crippen molar-refractivity contribution in [3.05, 3.63) is 12.2 Å². The normalized spacial score (nSPS) is 30.4. The zero-order valence-corrected chi connectivity index (χ0v) is 16.1. The Kier molecular flexibility index (Phi) is 9.65. The fraction of sp³-hybridized carbons (Fsp3) is 0.833. The molecular formula is C18H34N2O7. The van der Waals surface area contributed by atoms with E-state index in [9.17, 15) is 30.3 Å². The number of rotatable bonds is 9. The van der Waals surface area contributed by atoms with Crippen molar-refractivity contribution >= 4 is 6.09 Å². The summed E-state index contributed by atoms with van der Waals surface area (Å²) in [4.78, 5) is 11.1.